The fourth-order valence-corrected chi connectivity index (χ4v) is 5.46. The molecule has 1 atom stereocenters. The van der Waals surface area contributed by atoms with Gasteiger partial charge in [-0.3, -0.25) is 4.79 Å². The number of thioether (sulfide) groups is 1. The Labute approximate surface area is 200 Å². The number of hydrogen-bond donors (Lipinski definition) is 0. The number of hydrazone groups is 1. The molecule has 1 aliphatic heterocycles. The lowest BCUT2D eigenvalue weighted by Gasteiger charge is -2.19. The third kappa shape index (κ3) is 3.55. The van der Waals surface area contributed by atoms with Crippen LogP contribution in [0.3, 0.4) is 0 Å². The minimum atomic E-state index is -0.297. The number of aromatic nitrogens is 3. The highest BCUT2D eigenvalue weighted by molar-refractivity contribution is 7.99. The molecule has 0 N–H and O–H groups in total. The zero-order chi connectivity index (χ0) is 22.6. The van der Waals surface area contributed by atoms with E-state index in [1.54, 1.807) is 11.3 Å². The van der Waals surface area contributed by atoms with Crippen LogP contribution in [0, 0.1) is 0 Å². The Kier molecular flexibility index (Phi) is 4.65. The van der Waals surface area contributed by atoms with E-state index in [0.717, 1.165) is 40.5 Å². The largest absolute Gasteiger partial charge is 0.467 e. The summed E-state index contributed by atoms with van der Waals surface area (Å²) in [6, 6.07) is 13.8. The predicted octanol–water partition coefficient (Wildman–Crippen LogP) is 5.30. The second-order valence-corrected chi connectivity index (χ2v) is 10.1. The zero-order valence-electron chi connectivity index (χ0n) is 18.5. The van der Waals surface area contributed by atoms with Crippen molar-refractivity contribution in [1.82, 2.24) is 19.8 Å². The molecule has 2 fully saturated rings. The third-order valence-electron chi connectivity index (χ3n) is 6.62. The molecule has 3 aromatic heterocycles. The summed E-state index contributed by atoms with van der Waals surface area (Å²) < 4.78 is 14.0. The topological polar surface area (TPSA) is 89.7 Å². The smallest absolute Gasteiger partial charge is 0.253 e. The van der Waals surface area contributed by atoms with Crippen molar-refractivity contribution in [3.8, 4) is 0 Å². The summed E-state index contributed by atoms with van der Waals surface area (Å²) in [5.41, 5.74) is 1.55. The van der Waals surface area contributed by atoms with Gasteiger partial charge < -0.3 is 13.4 Å². The number of hydrogen-bond acceptors (Lipinski definition) is 7. The Morgan fingerprint density at radius 3 is 2.74 bits per heavy atom. The lowest BCUT2D eigenvalue weighted by Crippen LogP contribution is -2.28. The molecule has 3 aliphatic rings. The summed E-state index contributed by atoms with van der Waals surface area (Å²) in [6.45, 7) is 0. The number of benzene rings is 1. The monoisotopic (exact) mass is 473 g/mol. The summed E-state index contributed by atoms with van der Waals surface area (Å²) in [6.07, 6.45) is 6.87. The van der Waals surface area contributed by atoms with Crippen LogP contribution in [0.1, 0.15) is 67.5 Å². The summed E-state index contributed by atoms with van der Waals surface area (Å²) in [5, 5.41) is 17.0. The van der Waals surface area contributed by atoms with Gasteiger partial charge in [0, 0.05) is 23.8 Å². The molecule has 4 aromatic rings. The highest BCUT2D eigenvalue weighted by Crippen LogP contribution is 2.46. The fourth-order valence-electron chi connectivity index (χ4n) is 4.59. The lowest BCUT2D eigenvalue weighted by atomic mass is 10.1. The molecule has 8 nitrogen and oxygen atoms in total. The molecule has 172 valence electrons. The Balaban J connectivity index is 1.15. The second-order valence-electron chi connectivity index (χ2n) is 9.17. The molecule has 9 heteroatoms. The number of fused-ring (bicyclic) bond motifs is 1. The molecule has 7 rings (SSSR count). The van der Waals surface area contributed by atoms with Crippen molar-refractivity contribution in [2.75, 3.05) is 5.75 Å². The maximum absolute atomic E-state index is 13.4. The van der Waals surface area contributed by atoms with Crippen molar-refractivity contribution in [3.63, 3.8) is 0 Å². The molecule has 0 saturated heterocycles. The zero-order valence-corrected chi connectivity index (χ0v) is 19.3. The van der Waals surface area contributed by atoms with Gasteiger partial charge in [-0.15, -0.1) is 10.2 Å². The van der Waals surface area contributed by atoms with Gasteiger partial charge in [-0.25, -0.2) is 5.01 Å². The van der Waals surface area contributed by atoms with Gasteiger partial charge in [-0.1, -0.05) is 30.0 Å². The summed E-state index contributed by atoms with van der Waals surface area (Å²) in [4.78, 5) is 13.4. The number of nitrogens with zero attached hydrogens (tertiary/aromatic N) is 5. The molecule has 4 heterocycles. The quantitative estimate of drug-likeness (QED) is 0.338. The molecule has 34 heavy (non-hydrogen) atoms. The van der Waals surface area contributed by atoms with E-state index in [2.05, 4.69) is 14.8 Å². The first-order valence-electron chi connectivity index (χ1n) is 11.7. The first kappa shape index (κ1) is 20.1. The van der Waals surface area contributed by atoms with Gasteiger partial charge in [0.15, 0.2) is 10.9 Å². The average molecular weight is 474 g/mol. The van der Waals surface area contributed by atoms with E-state index in [1.807, 2.05) is 42.5 Å². The maximum Gasteiger partial charge on any atom is 0.253 e. The number of rotatable bonds is 7. The molecular weight excluding hydrogens is 450 g/mol. The van der Waals surface area contributed by atoms with Gasteiger partial charge in [0.25, 0.3) is 5.91 Å². The van der Waals surface area contributed by atoms with E-state index in [4.69, 9.17) is 13.9 Å². The van der Waals surface area contributed by atoms with E-state index < -0.39 is 0 Å². The van der Waals surface area contributed by atoms with Crippen LogP contribution in [-0.2, 0) is 4.79 Å². The Morgan fingerprint density at radius 1 is 1.09 bits per heavy atom. The Morgan fingerprint density at radius 2 is 1.97 bits per heavy atom. The molecule has 2 saturated carbocycles. The minimum absolute atomic E-state index is 0.0872. The average Bonchev–Trinajstić information content (AvgIpc) is 3.63. The molecule has 1 amide bonds. The van der Waals surface area contributed by atoms with Crippen molar-refractivity contribution in [2.24, 2.45) is 5.10 Å². The molecule has 0 bridgehead atoms. The van der Waals surface area contributed by atoms with Crippen molar-refractivity contribution >= 4 is 34.3 Å². The van der Waals surface area contributed by atoms with Gasteiger partial charge in [-0.05, 0) is 49.9 Å². The van der Waals surface area contributed by atoms with Crippen LogP contribution in [0.15, 0.2) is 67.8 Å². The van der Waals surface area contributed by atoms with E-state index in [9.17, 15) is 4.79 Å². The predicted molar refractivity (Wildman–Crippen MR) is 127 cm³/mol. The van der Waals surface area contributed by atoms with E-state index in [-0.39, 0.29) is 17.7 Å². The minimum Gasteiger partial charge on any atom is -0.467 e. The summed E-state index contributed by atoms with van der Waals surface area (Å²) in [5.74, 6) is 3.18. The van der Waals surface area contributed by atoms with Crippen LogP contribution in [0.4, 0.5) is 0 Å². The number of carbonyl (C=O) groups is 1. The fraction of sp³-hybridized carbons (Fsp3) is 0.360. The third-order valence-corrected chi connectivity index (χ3v) is 7.55. The first-order valence-corrected chi connectivity index (χ1v) is 12.7. The second kappa shape index (κ2) is 7.87. The van der Waals surface area contributed by atoms with Crippen LogP contribution >= 0.6 is 11.8 Å². The van der Waals surface area contributed by atoms with Crippen LogP contribution in [-0.4, -0.2) is 37.1 Å². The summed E-state index contributed by atoms with van der Waals surface area (Å²) >= 11 is 1.45. The normalized spacial score (nSPS) is 20.3. The molecule has 2 aliphatic carbocycles. The van der Waals surface area contributed by atoms with Crippen LogP contribution in [0.2, 0.25) is 0 Å². The van der Waals surface area contributed by atoms with Gasteiger partial charge in [0.2, 0.25) is 0 Å². The van der Waals surface area contributed by atoms with Crippen LogP contribution < -0.4 is 0 Å². The number of carbonyl (C=O) groups excluding carboxylic acids is 1. The van der Waals surface area contributed by atoms with E-state index >= 15 is 0 Å². The number of furan rings is 2. The molecule has 0 spiro atoms. The number of amides is 1. The standard InChI is InChI=1S/C25H23N5O3S/c31-23(14-34-25-27-26-24(15-7-8-15)29(25)17-9-10-17)30-19(21-6-3-11-32-21)13-18(28-30)22-12-16-4-1-2-5-20(16)33-22/h1-6,11-12,15,17,19H,7-10,13-14H2. The van der Waals surface area contributed by atoms with Gasteiger partial charge in [0.1, 0.15) is 28.9 Å². The van der Waals surface area contributed by atoms with Gasteiger partial charge in [-0.2, -0.15) is 5.10 Å². The SMILES string of the molecule is O=C(CSc1nnc(C2CC2)n1C1CC1)N1N=C(c2cc3ccccc3o2)CC1c1ccco1. The highest BCUT2D eigenvalue weighted by atomic mass is 32.2. The Hall–Kier alpha value is -3.33. The van der Waals surface area contributed by atoms with Crippen molar-refractivity contribution < 1.29 is 13.6 Å². The van der Waals surface area contributed by atoms with Crippen LogP contribution in [0.25, 0.3) is 11.0 Å². The van der Waals surface area contributed by atoms with E-state index in [0.29, 0.717) is 29.9 Å². The molecule has 1 aromatic carbocycles. The van der Waals surface area contributed by atoms with Crippen LogP contribution in [0.5, 0.6) is 0 Å². The Bertz CT molecular complexity index is 1360. The first-order chi connectivity index (χ1) is 16.7. The van der Waals surface area contributed by atoms with Crippen molar-refractivity contribution in [1.29, 1.82) is 0 Å². The van der Waals surface area contributed by atoms with Gasteiger partial charge in [0.05, 0.1) is 12.0 Å². The maximum atomic E-state index is 13.4. The van der Waals surface area contributed by atoms with E-state index in [1.165, 1.54) is 24.6 Å². The van der Waals surface area contributed by atoms with Crippen molar-refractivity contribution in [3.05, 3.63) is 66.1 Å². The lowest BCUT2D eigenvalue weighted by molar-refractivity contribution is -0.130. The summed E-state index contributed by atoms with van der Waals surface area (Å²) in [7, 11) is 0. The molecule has 0 radical (unpaired) electrons. The van der Waals surface area contributed by atoms with Crippen molar-refractivity contribution in [2.45, 2.75) is 55.3 Å². The molecule has 1 unspecified atom stereocenters. The highest BCUT2D eigenvalue weighted by Gasteiger charge is 2.38. The van der Waals surface area contributed by atoms with Gasteiger partial charge >= 0.3 is 0 Å². The number of para-hydroxylation sites is 1. The molecular formula is C25H23N5O3S.